The molecule has 0 aliphatic carbocycles. The Morgan fingerprint density at radius 2 is 2.62 bits per heavy atom. The molecule has 4 nitrogen and oxygen atoms in total. The molecule has 0 aromatic carbocycles. The first-order valence-electron chi connectivity index (χ1n) is 4.86. The molecule has 1 aromatic rings. The average Bonchev–Trinajstić information content (AvgIpc) is 2.69. The van der Waals surface area contributed by atoms with Gasteiger partial charge in [0.05, 0.1) is 6.33 Å². The highest BCUT2D eigenvalue weighted by atomic mass is 15.0. The SMILES string of the molecule is c1ncc(CNC2CCCNC2)[nH]1. The first-order valence-corrected chi connectivity index (χ1v) is 4.86. The largest absolute Gasteiger partial charge is 0.347 e. The fraction of sp³-hybridized carbons (Fsp3) is 0.667. The molecule has 3 N–H and O–H groups in total. The highest BCUT2D eigenvalue weighted by molar-refractivity contribution is 4.94. The van der Waals surface area contributed by atoms with Crippen LogP contribution in [-0.4, -0.2) is 29.1 Å². The van der Waals surface area contributed by atoms with Crippen molar-refractivity contribution in [1.29, 1.82) is 0 Å². The zero-order valence-corrected chi connectivity index (χ0v) is 7.71. The fourth-order valence-electron chi connectivity index (χ4n) is 1.66. The molecule has 1 saturated heterocycles. The van der Waals surface area contributed by atoms with Crippen molar-refractivity contribution in [2.45, 2.75) is 25.4 Å². The Kier molecular flexibility index (Phi) is 2.94. The summed E-state index contributed by atoms with van der Waals surface area (Å²) < 4.78 is 0. The number of rotatable bonds is 3. The Labute approximate surface area is 78.1 Å². The van der Waals surface area contributed by atoms with Crippen molar-refractivity contribution in [3.05, 3.63) is 18.2 Å². The van der Waals surface area contributed by atoms with Gasteiger partial charge in [0.1, 0.15) is 0 Å². The molecule has 0 amide bonds. The van der Waals surface area contributed by atoms with Crippen LogP contribution in [-0.2, 0) is 6.54 Å². The normalized spacial score (nSPS) is 23.2. The maximum atomic E-state index is 3.97. The highest BCUT2D eigenvalue weighted by Crippen LogP contribution is 2.02. The van der Waals surface area contributed by atoms with Gasteiger partial charge >= 0.3 is 0 Å². The molecule has 4 heteroatoms. The van der Waals surface area contributed by atoms with Crippen LogP contribution in [0, 0.1) is 0 Å². The van der Waals surface area contributed by atoms with Crippen LogP contribution in [0.5, 0.6) is 0 Å². The van der Waals surface area contributed by atoms with Gasteiger partial charge < -0.3 is 15.6 Å². The molecule has 1 atom stereocenters. The molecule has 2 heterocycles. The van der Waals surface area contributed by atoms with Crippen LogP contribution in [0.3, 0.4) is 0 Å². The van der Waals surface area contributed by atoms with Gasteiger partial charge in [-0.25, -0.2) is 4.98 Å². The van der Waals surface area contributed by atoms with E-state index in [9.17, 15) is 0 Å². The summed E-state index contributed by atoms with van der Waals surface area (Å²) >= 11 is 0. The van der Waals surface area contributed by atoms with E-state index in [1.54, 1.807) is 6.33 Å². The van der Waals surface area contributed by atoms with Gasteiger partial charge in [0.15, 0.2) is 0 Å². The number of hydrogen-bond donors (Lipinski definition) is 3. The van der Waals surface area contributed by atoms with Crippen LogP contribution >= 0.6 is 0 Å². The number of aromatic nitrogens is 2. The molecule has 13 heavy (non-hydrogen) atoms. The van der Waals surface area contributed by atoms with Gasteiger partial charge in [0.25, 0.3) is 0 Å². The summed E-state index contributed by atoms with van der Waals surface area (Å²) in [5.41, 5.74) is 1.16. The fourth-order valence-corrected chi connectivity index (χ4v) is 1.66. The van der Waals surface area contributed by atoms with Crippen LogP contribution in [0.1, 0.15) is 18.5 Å². The number of imidazole rings is 1. The van der Waals surface area contributed by atoms with Gasteiger partial charge in [-0.05, 0) is 19.4 Å². The zero-order chi connectivity index (χ0) is 8.93. The van der Waals surface area contributed by atoms with Gasteiger partial charge in [-0.3, -0.25) is 0 Å². The van der Waals surface area contributed by atoms with Crippen molar-refractivity contribution in [3.8, 4) is 0 Å². The average molecular weight is 180 g/mol. The number of piperidine rings is 1. The molecule has 1 aliphatic heterocycles. The molecule has 0 bridgehead atoms. The third-order valence-corrected chi connectivity index (χ3v) is 2.43. The summed E-state index contributed by atoms with van der Waals surface area (Å²) in [6.07, 6.45) is 6.14. The molecular formula is C9H16N4. The van der Waals surface area contributed by atoms with Gasteiger partial charge in [-0.2, -0.15) is 0 Å². The van der Waals surface area contributed by atoms with Crippen LogP contribution < -0.4 is 10.6 Å². The molecular weight excluding hydrogens is 164 g/mol. The van der Waals surface area contributed by atoms with E-state index in [0.29, 0.717) is 6.04 Å². The van der Waals surface area contributed by atoms with Crippen molar-refractivity contribution in [1.82, 2.24) is 20.6 Å². The number of hydrogen-bond acceptors (Lipinski definition) is 3. The first-order chi connectivity index (χ1) is 6.45. The van der Waals surface area contributed by atoms with E-state index in [1.165, 1.54) is 19.4 Å². The summed E-state index contributed by atoms with van der Waals surface area (Å²) in [6, 6.07) is 0.622. The second-order valence-electron chi connectivity index (χ2n) is 3.50. The molecule has 2 rings (SSSR count). The summed E-state index contributed by atoms with van der Waals surface area (Å²) in [5.74, 6) is 0. The highest BCUT2D eigenvalue weighted by Gasteiger charge is 2.11. The van der Waals surface area contributed by atoms with E-state index in [0.717, 1.165) is 18.8 Å². The van der Waals surface area contributed by atoms with E-state index in [2.05, 4.69) is 20.6 Å². The lowest BCUT2D eigenvalue weighted by molar-refractivity contribution is 0.388. The monoisotopic (exact) mass is 180 g/mol. The van der Waals surface area contributed by atoms with E-state index in [4.69, 9.17) is 0 Å². The molecule has 1 unspecified atom stereocenters. The second kappa shape index (κ2) is 4.39. The summed E-state index contributed by atoms with van der Waals surface area (Å²) in [7, 11) is 0. The number of aromatic amines is 1. The maximum absolute atomic E-state index is 3.97. The minimum atomic E-state index is 0.622. The standard InChI is InChI=1S/C9H16N4/c1-2-8(4-10-3-1)12-6-9-5-11-7-13-9/h5,7-8,10,12H,1-4,6H2,(H,11,13). The maximum Gasteiger partial charge on any atom is 0.0922 e. The Morgan fingerprint density at radius 1 is 1.62 bits per heavy atom. The number of nitrogens with one attached hydrogen (secondary N) is 3. The Hall–Kier alpha value is -0.870. The van der Waals surface area contributed by atoms with Gasteiger partial charge in [0, 0.05) is 31.0 Å². The van der Waals surface area contributed by atoms with Gasteiger partial charge in [-0.1, -0.05) is 0 Å². The summed E-state index contributed by atoms with van der Waals surface area (Å²) in [4.78, 5) is 7.06. The van der Waals surface area contributed by atoms with Gasteiger partial charge in [0.2, 0.25) is 0 Å². The van der Waals surface area contributed by atoms with E-state index in [1.807, 2.05) is 6.20 Å². The third kappa shape index (κ3) is 2.54. The first kappa shape index (κ1) is 8.72. The van der Waals surface area contributed by atoms with Crippen LogP contribution in [0.25, 0.3) is 0 Å². The smallest absolute Gasteiger partial charge is 0.0922 e. The Bertz CT molecular complexity index is 226. The second-order valence-corrected chi connectivity index (χ2v) is 3.50. The van der Waals surface area contributed by atoms with Crippen molar-refractivity contribution >= 4 is 0 Å². The molecule has 1 fully saturated rings. The van der Waals surface area contributed by atoms with E-state index < -0.39 is 0 Å². The van der Waals surface area contributed by atoms with E-state index in [-0.39, 0.29) is 0 Å². The van der Waals surface area contributed by atoms with Crippen molar-refractivity contribution in [2.24, 2.45) is 0 Å². The van der Waals surface area contributed by atoms with Crippen molar-refractivity contribution in [2.75, 3.05) is 13.1 Å². The predicted octanol–water partition coefficient (Wildman–Crippen LogP) is 0.251. The summed E-state index contributed by atoms with van der Waals surface area (Å²) in [6.45, 7) is 3.16. The van der Waals surface area contributed by atoms with Gasteiger partial charge in [-0.15, -0.1) is 0 Å². The number of nitrogens with zero attached hydrogens (tertiary/aromatic N) is 1. The minimum absolute atomic E-state index is 0.622. The Balaban J connectivity index is 1.72. The Morgan fingerprint density at radius 3 is 3.31 bits per heavy atom. The molecule has 1 aliphatic rings. The van der Waals surface area contributed by atoms with Crippen molar-refractivity contribution < 1.29 is 0 Å². The topological polar surface area (TPSA) is 52.7 Å². The lowest BCUT2D eigenvalue weighted by Crippen LogP contribution is -2.42. The zero-order valence-electron chi connectivity index (χ0n) is 7.71. The molecule has 72 valence electrons. The minimum Gasteiger partial charge on any atom is -0.347 e. The third-order valence-electron chi connectivity index (χ3n) is 2.43. The summed E-state index contributed by atoms with van der Waals surface area (Å²) in [5, 5.41) is 6.87. The molecule has 0 radical (unpaired) electrons. The van der Waals surface area contributed by atoms with Crippen LogP contribution in [0.15, 0.2) is 12.5 Å². The van der Waals surface area contributed by atoms with Crippen LogP contribution in [0.2, 0.25) is 0 Å². The molecule has 0 saturated carbocycles. The van der Waals surface area contributed by atoms with Crippen molar-refractivity contribution in [3.63, 3.8) is 0 Å². The number of H-pyrrole nitrogens is 1. The lowest BCUT2D eigenvalue weighted by Gasteiger charge is -2.23. The predicted molar refractivity (Wildman–Crippen MR) is 51.3 cm³/mol. The van der Waals surface area contributed by atoms with Crippen LogP contribution in [0.4, 0.5) is 0 Å². The lowest BCUT2D eigenvalue weighted by atomic mass is 10.1. The molecule has 0 spiro atoms. The van der Waals surface area contributed by atoms with E-state index >= 15 is 0 Å². The quantitative estimate of drug-likeness (QED) is 0.625. The molecule has 1 aromatic heterocycles.